The molecule has 0 heterocycles. The molecule has 1 fully saturated rings. The molecule has 0 aromatic carbocycles. The first-order valence-corrected chi connectivity index (χ1v) is 6.47. The molecule has 0 aromatic rings. The molecule has 1 heteroatoms. The van der Waals surface area contributed by atoms with Gasteiger partial charge in [-0.2, -0.15) is 0 Å². The molecule has 1 aliphatic carbocycles. The van der Waals surface area contributed by atoms with Gasteiger partial charge >= 0.3 is 0 Å². The van der Waals surface area contributed by atoms with E-state index in [4.69, 9.17) is 5.73 Å². The SMILES string of the molecule is C=CCCC(N)C1(CC(C)C)CCCC1. The highest BCUT2D eigenvalue weighted by Crippen LogP contribution is 2.46. The molecule has 1 unspecified atom stereocenters. The lowest BCUT2D eigenvalue weighted by Gasteiger charge is -2.37. The van der Waals surface area contributed by atoms with Crippen molar-refractivity contribution in [2.75, 3.05) is 0 Å². The predicted molar refractivity (Wildman–Crippen MR) is 67.8 cm³/mol. The van der Waals surface area contributed by atoms with Crippen molar-refractivity contribution in [3.8, 4) is 0 Å². The molecular weight excluding hydrogens is 182 g/mol. The van der Waals surface area contributed by atoms with Crippen LogP contribution in [0.15, 0.2) is 12.7 Å². The van der Waals surface area contributed by atoms with Crippen molar-refractivity contribution >= 4 is 0 Å². The van der Waals surface area contributed by atoms with Crippen molar-refractivity contribution in [2.24, 2.45) is 17.1 Å². The summed E-state index contributed by atoms with van der Waals surface area (Å²) in [5.74, 6) is 0.776. The Balaban J connectivity index is 2.58. The van der Waals surface area contributed by atoms with Gasteiger partial charge in [0.1, 0.15) is 0 Å². The summed E-state index contributed by atoms with van der Waals surface area (Å²) in [7, 11) is 0. The summed E-state index contributed by atoms with van der Waals surface area (Å²) in [6.45, 7) is 8.43. The zero-order valence-electron chi connectivity index (χ0n) is 10.5. The quantitative estimate of drug-likeness (QED) is 0.660. The number of nitrogens with two attached hydrogens (primary N) is 1. The number of hydrogen-bond donors (Lipinski definition) is 1. The molecule has 0 saturated heterocycles. The molecule has 0 bridgehead atoms. The van der Waals surface area contributed by atoms with Crippen molar-refractivity contribution in [3.05, 3.63) is 12.7 Å². The molecule has 1 atom stereocenters. The molecule has 0 aromatic heterocycles. The van der Waals surface area contributed by atoms with Gasteiger partial charge in [0.15, 0.2) is 0 Å². The molecule has 0 amide bonds. The molecule has 0 radical (unpaired) electrons. The summed E-state index contributed by atoms with van der Waals surface area (Å²) in [6.07, 6.45) is 11.0. The van der Waals surface area contributed by atoms with E-state index in [2.05, 4.69) is 20.4 Å². The zero-order valence-corrected chi connectivity index (χ0v) is 10.5. The summed E-state index contributed by atoms with van der Waals surface area (Å²) in [6, 6.07) is 0.389. The Kier molecular flexibility index (Phi) is 4.85. The van der Waals surface area contributed by atoms with E-state index in [1.807, 2.05) is 6.08 Å². The molecule has 1 nitrogen and oxygen atoms in total. The summed E-state index contributed by atoms with van der Waals surface area (Å²) in [5, 5.41) is 0. The Morgan fingerprint density at radius 2 is 1.93 bits per heavy atom. The van der Waals surface area contributed by atoms with Crippen molar-refractivity contribution in [1.82, 2.24) is 0 Å². The Hall–Kier alpha value is -0.300. The lowest BCUT2D eigenvalue weighted by molar-refractivity contribution is 0.176. The molecule has 88 valence electrons. The minimum absolute atomic E-state index is 0.389. The monoisotopic (exact) mass is 209 g/mol. The lowest BCUT2D eigenvalue weighted by atomic mass is 9.71. The number of hydrogen-bond acceptors (Lipinski definition) is 1. The minimum atomic E-state index is 0.389. The molecule has 1 saturated carbocycles. The highest BCUT2D eigenvalue weighted by molar-refractivity contribution is 4.94. The second-order valence-electron chi connectivity index (χ2n) is 5.64. The average molecular weight is 209 g/mol. The standard InChI is InChI=1S/C14H27N/c1-4-5-8-13(15)14(11-12(2)3)9-6-7-10-14/h4,12-13H,1,5-11,15H2,2-3H3. The fourth-order valence-corrected chi connectivity index (χ4v) is 3.22. The first-order valence-electron chi connectivity index (χ1n) is 6.47. The van der Waals surface area contributed by atoms with E-state index in [1.54, 1.807) is 0 Å². The van der Waals surface area contributed by atoms with E-state index in [0.717, 1.165) is 18.8 Å². The Morgan fingerprint density at radius 1 is 1.33 bits per heavy atom. The van der Waals surface area contributed by atoms with Crippen LogP contribution >= 0.6 is 0 Å². The molecule has 15 heavy (non-hydrogen) atoms. The van der Waals surface area contributed by atoms with Gasteiger partial charge in [-0.15, -0.1) is 6.58 Å². The molecule has 1 rings (SSSR count). The van der Waals surface area contributed by atoms with Crippen molar-refractivity contribution in [2.45, 2.75) is 64.8 Å². The maximum absolute atomic E-state index is 6.40. The third-order valence-corrected chi connectivity index (χ3v) is 3.88. The fourth-order valence-electron chi connectivity index (χ4n) is 3.22. The van der Waals surface area contributed by atoms with E-state index < -0.39 is 0 Å². The van der Waals surface area contributed by atoms with Crippen LogP contribution in [0.2, 0.25) is 0 Å². The highest BCUT2D eigenvalue weighted by atomic mass is 14.7. The molecular formula is C14H27N. The first-order chi connectivity index (χ1) is 7.10. The van der Waals surface area contributed by atoms with Gasteiger partial charge in [0.2, 0.25) is 0 Å². The molecule has 0 aliphatic heterocycles. The van der Waals surface area contributed by atoms with Crippen LogP contribution in [0, 0.1) is 11.3 Å². The van der Waals surface area contributed by atoms with Gasteiger partial charge in [0.25, 0.3) is 0 Å². The van der Waals surface area contributed by atoms with Crippen LogP contribution in [0.1, 0.15) is 58.8 Å². The summed E-state index contributed by atoms with van der Waals surface area (Å²) in [5.41, 5.74) is 6.86. The van der Waals surface area contributed by atoms with Crippen LogP contribution in [0.4, 0.5) is 0 Å². The van der Waals surface area contributed by atoms with Crippen LogP contribution in [0.5, 0.6) is 0 Å². The smallest absolute Gasteiger partial charge is 0.00986 e. The summed E-state index contributed by atoms with van der Waals surface area (Å²) >= 11 is 0. The molecule has 2 N–H and O–H groups in total. The topological polar surface area (TPSA) is 26.0 Å². The van der Waals surface area contributed by atoms with Crippen LogP contribution < -0.4 is 5.73 Å². The molecule has 1 aliphatic rings. The fraction of sp³-hybridized carbons (Fsp3) is 0.857. The number of allylic oxidation sites excluding steroid dienone is 1. The second kappa shape index (κ2) is 5.69. The third-order valence-electron chi connectivity index (χ3n) is 3.88. The normalized spacial score (nSPS) is 21.9. The van der Waals surface area contributed by atoms with Gasteiger partial charge in [0, 0.05) is 6.04 Å². The van der Waals surface area contributed by atoms with Crippen molar-refractivity contribution in [3.63, 3.8) is 0 Å². The van der Waals surface area contributed by atoms with Gasteiger partial charge in [0.05, 0.1) is 0 Å². The van der Waals surface area contributed by atoms with E-state index in [1.165, 1.54) is 32.1 Å². The summed E-state index contributed by atoms with van der Waals surface area (Å²) in [4.78, 5) is 0. The van der Waals surface area contributed by atoms with E-state index >= 15 is 0 Å². The van der Waals surface area contributed by atoms with E-state index in [-0.39, 0.29) is 0 Å². The predicted octanol–water partition coefficient (Wildman–Crippen LogP) is 3.89. The van der Waals surface area contributed by atoms with Crippen LogP contribution in [0.25, 0.3) is 0 Å². The maximum Gasteiger partial charge on any atom is 0.00986 e. The maximum atomic E-state index is 6.40. The average Bonchev–Trinajstić information content (AvgIpc) is 2.62. The van der Waals surface area contributed by atoms with Gasteiger partial charge in [-0.25, -0.2) is 0 Å². The van der Waals surface area contributed by atoms with Gasteiger partial charge in [-0.3, -0.25) is 0 Å². The van der Waals surface area contributed by atoms with Crippen LogP contribution in [-0.2, 0) is 0 Å². The Bertz CT molecular complexity index is 190. The van der Waals surface area contributed by atoms with Crippen molar-refractivity contribution in [1.29, 1.82) is 0 Å². The van der Waals surface area contributed by atoms with Gasteiger partial charge < -0.3 is 5.73 Å². The van der Waals surface area contributed by atoms with Crippen LogP contribution in [0.3, 0.4) is 0 Å². The molecule has 0 spiro atoms. The van der Waals surface area contributed by atoms with Gasteiger partial charge in [-0.1, -0.05) is 32.8 Å². The minimum Gasteiger partial charge on any atom is -0.327 e. The van der Waals surface area contributed by atoms with Gasteiger partial charge in [-0.05, 0) is 43.4 Å². The first kappa shape index (κ1) is 12.8. The van der Waals surface area contributed by atoms with E-state index in [0.29, 0.717) is 11.5 Å². The lowest BCUT2D eigenvalue weighted by Crippen LogP contribution is -2.40. The van der Waals surface area contributed by atoms with Crippen molar-refractivity contribution < 1.29 is 0 Å². The Morgan fingerprint density at radius 3 is 2.40 bits per heavy atom. The van der Waals surface area contributed by atoms with Crippen LogP contribution in [-0.4, -0.2) is 6.04 Å². The largest absolute Gasteiger partial charge is 0.327 e. The van der Waals surface area contributed by atoms with E-state index in [9.17, 15) is 0 Å². The zero-order chi connectivity index (χ0) is 11.3. The highest BCUT2D eigenvalue weighted by Gasteiger charge is 2.39. The summed E-state index contributed by atoms with van der Waals surface area (Å²) < 4.78 is 0. The third kappa shape index (κ3) is 3.34. The number of rotatable bonds is 6. The second-order valence-corrected chi connectivity index (χ2v) is 5.64. The Labute approximate surface area is 95.1 Å².